The highest BCUT2D eigenvalue weighted by molar-refractivity contribution is 9.10. The largest absolute Gasteiger partial charge is 0.329 e. The summed E-state index contributed by atoms with van der Waals surface area (Å²) in [7, 11) is -1.76. The quantitative estimate of drug-likeness (QED) is 0.906. The zero-order chi connectivity index (χ0) is 11.5. The average Bonchev–Trinajstić information content (AvgIpc) is 2.18. The fourth-order valence-corrected chi connectivity index (χ4v) is 2.38. The third-order valence-corrected chi connectivity index (χ3v) is 4.31. The normalized spacial score (nSPS) is 11.4. The predicted molar refractivity (Wildman–Crippen MR) is 65.4 cm³/mol. The molecule has 0 spiro atoms. The van der Waals surface area contributed by atoms with Gasteiger partial charge >= 0.3 is 0 Å². The fourth-order valence-electron chi connectivity index (χ4n) is 1.10. The Labute approximate surface area is 98.3 Å². The van der Waals surface area contributed by atoms with E-state index in [1.54, 1.807) is 24.3 Å². The molecular formula is C9H13BrN2O2S. The molecule has 2 N–H and O–H groups in total. The lowest BCUT2D eigenvalue weighted by molar-refractivity contribution is 0.594. The smallest absolute Gasteiger partial charge is 0.236 e. The molecular weight excluding hydrogens is 280 g/mol. The van der Waals surface area contributed by atoms with Gasteiger partial charge in [0, 0.05) is 18.1 Å². The van der Waals surface area contributed by atoms with Gasteiger partial charge in [-0.3, -0.25) is 4.31 Å². The number of rotatable bonds is 4. The first kappa shape index (κ1) is 12.5. The molecule has 0 unspecified atom stereocenters. The van der Waals surface area contributed by atoms with Crippen LogP contribution in [0.5, 0.6) is 0 Å². The van der Waals surface area contributed by atoms with E-state index in [-0.39, 0.29) is 12.3 Å². The molecule has 0 amide bonds. The second kappa shape index (κ2) is 4.96. The fraction of sp³-hybridized carbons (Fsp3) is 0.333. The van der Waals surface area contributed by atoms with Crippen molar-refractivity contribution in [3.8, 4) is 0 Å². The first-order chi connectivity index (χ1) is 6.97. The molecule has 0 aliphatic heterocycles. The van der Waals surface area contributed by atoms with Crippen molar-refractivity contribution in [3.05, 3.63) is 28.7 Å². The Morgan fingerprint density at radius 1 is 1.33 bits per heavy atom. The van der Waals surface area contributed by atoms with Gasteiger partial charge in [0.2, 0.25) is 10.0 Å². The van der Waals surface area contributed by atoms with Crippen molar-refractivity contribution in [2.75, 3.05) is 23.7 Å². The standard InChI is InChI=1S/C9H13BrN2O2S/c1-12(15(13,14)7-6-11)9-4-2-8(10)3-5-9/h2-5H,6-7,11H2,1H3. The van der Waals surface area contributed by atoms with E-state index >= 15 is 0 Å². The first-order valence-corrected chi connectivity index (χ1v) is 6.80. The van der Waals surface area contributed by atoms with Gasteiger partial charge in [-0.25, -0.2) is 8.42 Å². The van der Waals surface area contributed by atoms with Gasteiger partial charge in [0.1, 0.15) is 0 Å². The number of halogens is 1. The van der Waals surface area contributed by atoms with Gasteiger partial charge < -0.3 is 5.73 Å². The number of nitrogens with zero attached hydrogens (tertiary/aromatic N) is 1. The molecule has 0 saturated carbocycles. The van der Waals surface area contributed by atoms with Crippen molar-refractivity contribution in [2.24, 2.45) is 5.73 Å². The molecule has 0 atom stereocenters. The van der Waals surface area contributed by atoms with Gasteiger partial charge in [-0.1, -0.05) is 15.9 Å². The van der Waals surface area contributed by atoms with Crippen LogP contribution >= 0.6 is 15.9 Å². The minimum atomic E-state index is -3.28. The average molecular weight is 293 g/mol. The molecule has 0 aromatic heterocycles. The summed E-state index contributed by atoms with van der Waals surface area (Å²) < 4.78 is 25.5. The van der Waals surface area contributed by atoms with E-state index < -0.39 is 10.0 Å². The summed E-state index contributed by atoms with van der Waals surface area (Å²) in [5.41, 5.74) is 5.87. The van der Waals surface area contributed by atoms with Crippen LogP contribution in [0.2, 0.25) is 0 Å². The minimum Gasteiger partial charge on any atom is -0.329 e. The monoisotopic (exact) mass is 292 g/mol. The van der Waals surface area contributed by atoms with Gasteiger partial charge in [-0.2, -0.15) is 0 Å². The topological polar surface area (TPSA) is 63.4 Å². The Hall–Kier alpha value is -0.590. The zero-order valence-electron chi connectivity index (χ0n) is 8.35. The molecule has 0 fully saturated rings. The second-order valence-electron chi connectivity index (χ2n) is 3.05. The molecule has 0 heterocycles. The highest BCUT2D eigenvalue weighted by Gasteiger charge is 2.16. The number of nitrogens with two attached hydrogens (primary N) is 1. The number of sulfonamides is 1. The van der Waals surface area contributed by atoms with E-state index in [4.69, 9.17) is 5.73 Å². The molecule has 4 nitrogen and oxygen atoms in total. The lowest BCUT2D eigenvalue weighted by Gasteiger charge is -2.18. The van der Waals surface area contributed by atoms with Crippen LogP contribution in [-0.4, -0.2) is 27.8 Å². The maximum absolute atomic E-state index is 11.7. The maximum atomic E-state index is 11.7. The molecule has 0 radical (unpaired) electrons. The van der Waals surface area contributed by atoms with Gasteiger partial charge in [0.15, 0.2) is 0 Å². The molecule has 1 aromatic carbocycles. The highest BCUT2D eigenvalue weighted by Crippen LogP contribution is 2.19. The summed E-state index contributed by atoms with van der Waals surface area (Å²) in [6.07, 6.45) is 0. The molecule has 6 heteroatoms. The van der Waals surface area contributed by atoms with Crippen molar-refractivity contribution in [3.63, 3.8) is 0 Å². The zero-order valence-corrected chi connectivity index (χ0v) is 10.8. The van der Waals surface area contributed by atoms with E-state index in [0.717, 1.165) is 4.47 Å². The van der Waals surface area contributed by atoms with E-state index in [1.807, 2.05) is 0 Å². The first-order valence-electron chi connectivity index (χ1n) is 4.39. The summed E-state index contributed by atoms with van der Waals surface area (Å²) in [6.45, 7) is 0.128. The van der Waals surface area contributed by atoms with Crippen molar-refractivity contribution in [2.45, 2.75) is 0 Å². The lowest BCUT2D eigenvalue weighted by atomic mass is 10.3. The summed E-state index contributed by atoms with van der Waals surface area (Å²) >= 11 is 3.29. The van der Waals surface area contributed by atoms with Crippen molar-refractivity contribution in [1.29, 1.82) is 0 Å². The van der Waals surface area contributed by atoms with E-state index in [2.05, 4.69) is 15.9 Å². The van der Waals surface area contributed by atoms with Crippen LogP contribution in [0.4, 0.5) is 5.69 Å². The molecule has 1 aromatic rings. The van der Waals surface area contributed by atoms with E-state index in [1.165, 1.54) is 11.4 Å². The van der Waals surface area contributed by atoms with Crippen molar-refractivity contribution < 1.29 is 8.42 Å². The second-order valence-corrected chi connectivity index (χ2v) is 6.08. The van der Waals surface area contributed by atoms with E-state index in [9.17, 15) is 8.42 Å². The summed E-state index contributed by atoms with van der Waals surface area (Å²) in [5.74, 6) is -0.0421. The lowest BCUT2D eigenvalue weighted by Crippen LogP contribution is -2.31. The Bertz CT molecular complexity index is 416. The van der Waals surface area contributed by atoms with Crippen LogP contribution < -0.4 is 10.0 Å². The number of hydrogen-bond donors (Lipinski definition) is 1. The van der Waals surface area contributed by atoms with Crippen molar-refractivity contribution >= 4 is 31.6 Å². The van der Waals surface area contributed by atoms with Crippen LogP contribution in [0.15, 0.2) is 28.7 Å². The number of hydrogen-bond acceptors (Lipinski definition) is 3. The summed E-state index contributed by atoms with van der Waals surface area (Å²) in [6, 6.07) is 7.06. The van der Waals surface area contributed by atoms with Gasteiger partial charge in [-0.05, 0) is 24.3 Å². The van der Waals surface area contributed by atoms with Gasteiger partial charge in [0.25, 0.3) is 0 Å². The third-order valence-electron chi connectivity index (χ3n) is 1.98. The predicted octanol–water partition coefficient (Wildman–Crippen LogP) is 1.17. The molecule has 0 saturated heterocycles. The molecule has 15 heavy (non-hydrogen) atoms. The van der Waals surface area contributed by atoms with Gasteiger partial charge in [0.05, 0.1) is 11.4 Å². The Balaban J connectivity index is 2.94. The number of benzene rings is 1. The van der Waals surface area contributed by atoms with Crippen molar-refractivity contribution in [1.82, 2.24) is 0 Å². The molecule has 0 bridgehead atoms. The molecule has 1 rings (SSSR count). The van der Waals surface area contributed by atoms with Crippen LogP contribution in [0.25, 0.3) is 0 Å². The summed E-state index contributed by atoms with van der Waals surface area (Å²) in [5, 5.41) is 0. The SMILES string of the molecule is CN(c1ccc(Br)cc1)S(=O)(=O)CCN. The van der Waals surface area contributed by atoms with Crippen LogP contribution in [-0.2, 0) is 10.0 Å². The van der Waals surface area contributed by atoms with Gasteiger partial charge in [-0.15, -0.1) is 0 Å². The van der Waals surface area contributed by atoms with E-state index in [0.29, 0.717) is 5.69 Å². The maximum Gasteiger partial charge on any atom is 0.236 e. The molecule has 0 aliphatic rings. The van der Waals surface area contributed by atoms with Crippen LogP contribution in [0, 0.1) is 0 Å². The minimum absolute atomic E-state index is 0.0421. The highest BCUT2D eigenvalue weighted by atomic mass is 79.9. The Morgan fingerprint density at radius 3 is 2.33 bits per heavy atom. The molecule has 0 aliphatic carbocycles. The third kappa shape index (κ3) is 3.19. The Morgan fingerprint density at radius 2 is 1.87 bits per heavy atom. The van der Waals surface area contributed by atoms with Crippen LogP contribution in [0.3, 0.4) is 0 Å². The van der Waals surface area contributed by atoms with Crippen LogP contribution in [0.1, 0.15) is 0 Å². The molecule has 84 valence electrons. The number of anilines is 1. The summed E-state index contributed by atoms with van der Waals surface area (Å²) in [4.78, 5) is 0. The Kier molecular flexibility index (Phi) is 4.12.